The smallest absolute Gasteiger partial charge is 0.0897 e. The molecule has 1 N–H and O–H groups in total. The average molecular weight is 263 g/mol. The SMILES string of the molecule is Cn1nncc1-c1ccc(CNC2CC2)cc1Cl. The van der Waals surface area contributed by atoms with Crippen LogP contribution in [0.25, 0.3) is 11.3 Å². The number of hydrogen-bond acceptors (Lipinski definition) is 3. The molecule has 0 amide bonds. The van der Waals surface area contributed by atoms with E-state index in [2.05, 4.69) is 21.7 Å². The van der Waals surface area contributed by atoms with Crippen LogP contribution < -0.4 is 5.32 Å². The number of aromatic nitrogens is 3. The van der Waals surface area contributed by atoms with Crippen LogP contribution in [0.5, 0.6) is 0 Å². The van der Waals surface area contributed by atoms with Crippen molar-refractivity contribution < 1.29 is 0 Å². The zero-order valence-corrected chi connectivity index (χ0v) is 11.0. The molecule has 4 nitrogen and oxygen atoms in total. The third-order valence-corrected chi connectivity index (χ3v) is 3.51. The summed E-state index contributed by atoms with van der Waals surface area (Å²) in [6.45, 7) is 0.883. The first-order valence-corrected chi connectivity index (χ1v) is 6.48. The van der Waals surface area contributed by atoms with Gasteiger partial charge in [0.1, 0.15) is 0 Å². The zero-order chi connectivity index (χ0) is 12.5. The molecular formula is C13H15ClN4. The Morgan fingerprint density at radius 2 is 2.28 bits per heavy atom. The van der Waals surface area contributed by atoms with E-state index in [1.54, 1.807) is 10.9 Å². The number of benzene rings is 1. The number of nitrogens with one attached hydrogen (secondary N) is 1. The quantitative estimate of drug-likeness (QED) is 0.920. The van der Waals surface area contributed by atoms with E-state index in [-0.39, 0.29) is 0 Å². The first-order valence-electron chi connectivity index (χ1n) is 6.11. The van der Waals surface area contributed by atoms with Crippen LogP contribution in [0.1, 0.15) is 18.4 Å². The van der Waals surface area contributed by atoms with Crippen LogP contribution in [0.2, 0.25) is 5.02 Å². The fraction of sp³-hybridized carbons (Fsp3) is 0.385. The summed E-state index contributed by atoms with van der Waals surface area (Å²) < 4.78 is 1.73. The lowest BCUT2D eigenvalue weighted by Gasteiger charge is -2.07. The number of halogens is 1. The van der Waals surface area contributed by atoms with Crippen LogP contribution in [-0.2, 0) is 13.6 Å². The minimum atomic E-state index is 0.713. The van der Waals surface area contributed by atoms with Crippen LogP contribution in [0.4, 0.5) is 0 Å². The lowest BCUT2D eigenvalue weighted by molar-refractivity contribution is 0.688. The second-order valence-electron chi connectivity index (χ2n) is 4.71. The molecule has 0 saturated heterocycles. The van der Waals surface area contributed by atoms with E-state index in [1.165, 1.54) is 18.4 Å². The Morgan fingerprint density at radius 3 is 2.89 bits per heavy atom. The van der Waals surface area contributed by atoms with Crippen LogP contribution in [0.15, 0.2) is 24.4 Å². The molecular weight excluding hydrogens is 248 g/mol. The van der Waals surface area contributed by atoms with E-state index < -0.39 is 0 Å². The predicted octanol–water partition coefficient (Wildman–Crippen LogP) is 2.39. The normalized spacial score (nSPS) is 15.0. The number of aryl methyl sites for hydroxylation is 1. The highest BCUT2D eigenvalue weighted by Crippen LogP contribution is 2.28. The molecule has 5 heteroatoms. The molecule has 3 rings (SSSR count). The van der Waals surface area contributed by atoms with Crippen molar-refractivity contribution >= 4 is 11.6 Å². The van der Waals surface area contributed by atoms with Crippen LogP contribution in [0, 0.1) is 0 Å². The summed E-state index contributed by atoms with van der Waals surface area (Å²) in [6, 6.07) is 6.86. The van der Waals surface area contributed by atoms with E-state index in [0.29, 0.717) is 6.04 Å². The van der Waals surface area contributed by atoms with Gasteiger partial charge in [0.15, 0.2) is 0 Å². The largest absolute Gasteiger partial charge is 0.310 e. The Labute approximate surface area is 111 Å². The molecule has 0 spiro atoms. The minimum absolute atomic E-state index is 0.713. The van der Waals surface area contributed by atoms with Crippen molar-refractivity contribution in [2.24, 2.45) is 7.05 Å². The van der Waals surface area contributed by atoms with E-state index in [4.69, 9.17) is 11.6 Å². The van der Waals surface area contributed by atoms with Gasteiger partial charge in [-0.15, -0.1) is 5.10 Å². The van der Waals surface area contributed by atoms with E-state index in [0.717, 1.165) is 22.8 Å². The van der Waals surface area contributed by atoms with Gasteiger partial charge in [0.05, 0.1) is 16.9 Å². The molecule has 0 unspecified atom stereocenters. The number of nitrogens with zero attached hydrogens (tertiary/aromatic N) is 3. The van der Waals surface area contributed by atoms with Crippen LogP contribution in [0.3, 0.4) is 0 Å². The Hall–Kier alpha value is -1.39. The average Bonchev–Trinajstić information content (AvgIpc) is 3.09. The molecule has 1 aromatic carbocycles. The molecule has 1 saturated carbocycles. The van der Waals surface area contributed by atoms with Gasteiger partial charge in [0.25, 0.3) is 0 Å². The van der Waals surface area contributed by atoms with Crippen molar-refractivity contribution in [3.05, 3.63) is 35.0 Å². The highest BCUT2D eigenvalue weighted by atomic mass is 35.5. The minimum Gasteiger partial charge on any atom is -0.310 e. The lowest BCUT2D eigenvalue weighted by Crippen LogP contribution is -2.15. The molecule has 1 heterocycles. The molecule has 0 bridgehead atoms. The third kappa shape index (κ3) is 2.40. The summed E-state index contributed by atoms with van der Waals surface area (Å²) in [6.07, 6.45) is 4.32. The number of hydrogen-bond donors (Lipinski definition) is 1. The molecule has 1 aromatic heterocycles. The molecule has 0 atom stereocenters. The molecule has 1 aliphatic rings. The Balaban J connectivity index is 1.82. The van der Waals surface area contributed by atoms with Gasteiger partial charge in [-0.3, -0.25) is 0 Å². The Bertz CT molecular complexity index is 560. The fourth-order valence-corrected chi connectivity index (χ4v) is 2.26. The number of rotatable bonds is 4. The Morgan fingerprint density at radius 1 is 1.44 bits per heavy atom. The standard InChI is InChI=1S/C13H15ClN4/c1-18-13(8-16-17-18)11-5-2-9(6-12(11)14)7-15-10-3-4-10/h2,5-6,8,10,15H,3-4,7H2,1H3. The maximum Gasteiger partial charge on any atom is 0.0897 e. The molecule has 94 valence electrons. The molecule has 1 fully saturated rings. The summed E-state index contributed by atoms with van der Waals surface area (Å²) in [7, 11) is 1.86. The van der Waals surface area contributed by atoms with Gasteiger partial charge in [0, 0.05) is 25.2 Å². The summed E-state index contributed by atoms with van der Waals surface area (Å²) in [5.74, 6) is 0. The second-order valence-corrected chi connectivity index (χ2v) is 5.12. The zero-order valence-electron chi connectivity index (χ0n) is 10.2. The summed E-state index contributed by atoms with van der Waals surface area (Å²) in [5, 5.41) is 12.0. The van der Waals surface area contributed by atoms with Crippen molar-refractivity contribution in [1.29, 1.82) is 0 Å². The van der Waals surface area contributed by atoms with Crippen molar-refractivity contribution in [3.8, 4) is 11.3 Å². The van der Waals surface area contributed by atoms with Crippen molar-refractivity contribution in [2.75, 3.05) is 0 Å². The van der Waals surface area contributed by atoms with Gasteiger partial charge in [0.2, 0.25) is 0 Å². The van der Waals surface area contributed by atoms with E-state index in [1.807, 2.05) is 19.2 Å². The molecule has 2 aromatic rings. The van der Waals surface area contributed by atoms with Gasteiger partial charge >= 0.3 is 0 Å². The maximum atomic E-state index is 6.33. The predicted molar refractivity (Wildman–Crippen MR) is 71.3 cm³/mol. The monoisotopic (exact) mass is 262 g/mol. The first-order chi connectivity index (χ1) is 8.74. The highest BCUT2D eigenvalue weighted by molar-refractivity contribution is 6.33. The van der Waals surface area contributed by atoms with Gasteiger partial charge in [-0.2, -0.15) is 0 Å². The lowest BCUT2D eigenvalue weighted by atomic mass is 10.1. The molecule has 0 radical (unpaired) electrons. The van der Waals surface area contributed by atoms with Crippen molar-refractivity contribution in [2.45, 2.75) is 25.4 Å². The fourth-order valence-electron chi connectivity index (χ4n) is 1.96. The maximum absolute atomic E-state index is 6.33. The molecule has 18 heavy (non-hydrogen) atoms. The van der Waals surface area contributed by atoms with E-state index in [9.17, 15) is 0 Å². The molecule has 1 aliphatic carbocycles. The van der Waals surface area contributed by atoms with Crippen LogP contribution in [-0.4, -0.2) is 21.0 Å². The van der Waals surface area contributed by atoms with Crippen molar-refractivity contribution in [1.82, 2.24) is 20.3 Å². The van der Waals surface area contributed by atoms with Gasteiger partial charge < -0.3 is 5.32 Å². The van der Waals surface area contributed by atoms with Gasteiger partial charge in [-0.1, -0.05) is 28.9 Å². The Kier molecular flexibility index (Phi) is 3.06. The highest BCUT2D eigenvalue weighted by Gasteiger charge is 2.20. The summed E-state index contributed by atoms with van der Waals surface area (Å²) in [5.41, 5.74) is 3.12. The first kappa shape index (κ1) is 11.7. The van der Waals surface area contributed by atoms with Crippen LogP contribution >= 0.6 is 11.6 Å². The summed E-state index contributed by atoms with van der Waals surface area (Å²) >= 11 is 6.33. The van der Waals surface area contributed by atoms with E-state index >= 15 is 0 Å². The van der Waals surface area contributed by atoms with Crippen molar-refractivity contribution in [3.63, 3.8) is 0 Å². The molecule has 0 aliphatic heterocycles. The summed E-state index contributed by atoms with van der Waals surface area (Å²) in [4.78, 5) is 0. The second kappa shape index (κ2) is 4.71. The topological polar surface area (TPSA) is 42.7 Å². The third-order valence-electron chi connectivity index (χ3n) is 3.20. The van der Waals surface area contributed by atoms with Gasteiger partial charge in [-0.05, 0) is 24.5 Å². The van der Waals surface area contributed by atoms with Gasteiger partial charge in [-0.25, -0.2) is 4.68 Å².